The molecule has 1 fully saturated rings. The number of ether oxygens (including phenoxy) is 3. The molecule has 1 aromatic heterocycles. The van der Waals surface area contributed by atoms with Crippen LogP contribution in [0.5, 0.6) is 11.6 Å². The Hall–Kier alpha value is -3.51. The number of nitriles is 1. The maximum atomic E-state index is 12.2. The van der Waals surface area contributed by atoms with E-state index >= 15 is 0 Å². The summed E-state index contributed by atoms with van der Waals surface area (Å²) in [6, 6.07) is 9.14. The van der Waals surface area contributed by atoms with E-state index in [0.29, 0.717) is 43.5 Å². The number of nitrogens with zero attached hydrogens (tertiary/aromatic N) is 3. The molecule has 2 aromatic rings. The number of nitrogens with two attached hydrogens (primary N) is 1. The molecule has 0 saturated carbocycles. The molecule has 3 N–H and O–H groups in total. The van der Waals surface area contributed by atoms with Gasteiger partial charge < -0.3 is 24.8 Å². The van der Waals surface area contributed by atoms with Crippen LogP contribution in [-0.2, 0) is 4.74 Å². The molecule has 2 aliphatic rings. The van der Waals surface area contributed by atoms with Gasteiger partial charge in [0.1, 0.15) is 17.4 Å². The molecule has 0 aliphatic carbocycles. The van der Waals surface area contributed by atoms with Crippen molar-refractivity contribution in [1.82, 2.24) is 15.1 Å². The van der Waals surface area contributed by atoms with Gasteiger partial charge in [-0.3, -0.25) is 5.10 Å². The number of benzene rings is 1. The van der Waals surface area contributed by atoms with Crippen molar-refractivity contribution >= 4 is 6.09 Å². The number of aryl methyl sites for hydroxylation is 1. The second kappa shape index (κ2) is 7.25. The lowest BCUT2D eigenvalue weighted by Crippen LogP contribution is -2.42. The second-order valence-electron chi connectivity index (χ2n) is 6.53. The number of fused-ring (bicyclic) bond motifs is 1. The summed E-state index contributed by atoms with van der Waals surface area (Å²) in [5.74, 6) is 0.416. The maximum absolute atomic E-state index is 12.2. The van der Waals surface area contributed by atoms with Crippen molar-refractivity contribution in [1.29, 1.82) is 5.26 Å². The molecule has 28 heavy (non-hydrogen) atoms. The molecule has 4 rings (SSSR count). The second-order valence-corrected chi connectivity index (χ2v) is 6.53. The normalized spacial score (nSPS) is 18.9. The highest BCUT2D eigenvalue weighted by molar-refractivity contribution is 5.70. The third kappa shape index (κ3) is 3.14. The highest BCUT2D eigenvalue weighted by Crippen LogP contribution is 2.42. The van der Waals surface area contributed by atoms with Gasteiger partial charge in [0.15, 0.2) is 0 Å². The molecule has 0 unspecified atom stereocenters. The lowest BCUT2D eigenvalue weighted by atomic mass is 9.84. The Morgan fingerprint density at radius 2 is 2.07 bits per heavy atom. The molecule has 9 heteroatoms. The molecule has 1 aromatic carbocycles. The number of allylic oxidation sites excluding steroid dienone is 1. The third-order valence-corrected chi connectivity index (χ3v) is 4.82. The van der Waals surface area contributed by atoms with Crippen LogP contribution < -0.4 is 15.2 Å². The molecule has 144 valence electrons. The Bertz CT molecular complexity index is 967. The summed E-state index contributed by atoms with van der Waals surface area (Å²) >= 11 is 0. The van der Waals surface area contributed by atoms with Crippen molar-refractivity contribution in [3.8, 4) is 17.7 Å². The minimum atomic E-state index is -0.406. The van der Waals surface area contributed by atoms with Gasteiger partial charge in [-0.1, -0.05) is 12.1 Å². The number of nitrogens with one attached hydrogen (secondary N) is 1. The van der Waals surface area contributed by atoms with E-state index in [2.05, 4.69) is 16.3 Å². The smallest absolute Gasteiger partial charge is 0.415 e. The highest BCUT2D eigenvalue weighted by Gasteiger charge is 2.34. The number of hydrogen-bond acceptors (Lipinski definition) is 7. The number of aromatic nitrogens is 2. The van der Waals surface area contributed by atoms with Crippen molar-refractivity contribution in [3.63, 3.8) is 0 Å². The zero-order valence-electron chi connectivity index (χ0n) is 15.3. The minimum absolute atomic E-state index is 0.0364. The van der Waals surface area contributed by atoms with E-state index in [-0.39, 0.29) is 5.88 Å². The number of carbonyl (C=O) groups is 1. The predicted octanol–water partition coefficient (Wildman–Crippen LogP) is 1.77. The first kappa shape index (κ1) is 17.9. The van der Waals surface area contributed by atoms with Crippen LogP contribution in [0.15, 0.2) is 35.7 Å². The van der Waals surface area contributed by atoms with Gasteiger partial charge in [-0.05, 0) is 24.6 Å². The lowest BCUT2D eigenvalue weighted by molar-refractivity contribution is 0.0416. The highest BCUT2D eigenvalue weighted by atomic mass is 16.6. The van der Waals surface area contributed by atoms with Gasteiger partial charge in [-0.2, -0.15) is 5.26 Å². The van der Waals surface area contributed by atoms with Gasteiger partial charge in [-0.25, -0.2) is 4.79 Å². The van der Waals surface area contributed by atoms with Crippen LogP contribution in [0.1, 0.15) is 22.7 Å². The molecule has 3 heterocycles. The van der Waals surface area contributed by atoms with E-state index in [1.165, 1.54) is 0 Å². The first-order valence-corrected chi connectivity index (χ1v) is 8.85. The van der Waals surface area contributed by atoms with E-state index in [4.69, 9.17) is 19.9 Å². The van der Waals surface area contributed by atoms with Gasteiger partial charge in [0.2, 0.25) is 11.8 Å². The number of amides is 1. The average Bonchev–Trinajstić information content (AvgIpc) is 3.08. The predicted molar refractivity (Wildman–Crippen MR) is 97.5 cm³/mol. The summed E-state index contributed by atoms with van der Waals surface area (Å²) < 4.78 is 16.1. The fourth-order valence-electron chi connectivity index (χ4n) is 3.37. The Morgan fingerprint density at radius 1 is 1.36 bits per heavy atom. The summed E-state index contributed by atoms with van der Waals surface area (Å²) in [5.41, 5.74) is 8.61. The molecule has 0 bridgehead atoms. The van der Waals surface area contributed by atoms with E-state index in [0.717, 1.165) is 16.8 Å². The summed E-state index contributed by atoms with van der Waals surface area (Å²) in [6.45, 7) is 3.90. The number of H-pyrrole nitrogens is 1. The van der Waals surface area contributed by atoms with E-state index in [1.807, 2.05) is 6.92 Å². The zero-order valence-corrected chi connectivity index (χ0v) is 15.3. The fraction of sp³-hybridized carbons (Fsp3) is 0.316. The molecule has 2 aliphatic heterocycles. The van der Waals surface area contributed by atoms with Gasteiger partial charge in [0, 0.05) is 24.3 Å². The number of carbonyl (C=O) groups excluding carboxylic acids is 1. The van der Waals surface area contributed by atoms with Crippen molar-refractivity contribution in [2.75, 3.05) is 26.3 Å². The Labute approximate surface area is 161 Å². The van der Waals surface area contributed by atoms with Crippen molar-refractivity contribution in [2.24, 2.45) is 5.73 Å². The molecular weight excluding hydrogens is 362 g/mol. The van der Waals surface area contributed by atoms with Crippen LogP contribution in [0.25, 0.3) is 0 Å². The lowest BCUT2D eigenvalue weighted by Gasteiger charge is -2.26. The first-order chi connectivity index (χ1) is 13.6. The fourth-order valence-corrected chi connectivity index (χ4v) is 3.37. The molecular formula is C19H19N5O4. The van der Waals surface area contributed by atoms with Crippen molar-refractivity contribution in [2.45, 2.75) is 12.8 Å². The molecule has 0 radical (unpaired) electrons. The Morgan fingerprint density at radius 3 is 2.75 bits per heavy atom. The summed E-state index contributed by atoms with van der Waals surface area (Å²) in [6.07, 6.45) is -0.406. The molecule has 1 saturated heterocycles. The van der Waals surface area contributed by atoms with Crippen molar-refractivity contribution in [3.05, 3.63) is 52.5 Å². The number of aromatic amines is 1. The van der Waals surface area contributed by atoms with Crippen LogP contribution in [0.2, 0.25) is 0 Å². The van der Waals surface area contributed by atoms with Crippen molar-refractivity contribution < 1.29 is 19.0 Å². The van der Waals surface area contributed by atoms with Crippen LogP contribution in [0, 0.1) is 18.3 Å². The molecule has 1 amide bonds. The summed E-state index contributed by atoms with van der Waals surface area (Å²) in [5, 5.41) is 16.6. The van der Waals surface area contributed by atoms with E-state index < -0.39 is 12.0 Å². The standard InChI is InChI=1S/C19H19N5O4/c1-11-15-16(14(10-20)17(21)28-18(15)23-22-11)12-2-4-13(5-3-12)27-19(25)24-6-8-26-9-7-24/h2-5,16H,6-9,21H2,1H3,(H,22,23)/t16-/m1/s1. The number of morpholine rings is 1. The summed E-state index contributed by atoms with van der Waals surface area (Å²) in [4.78, 5) is 13.8. The molecule has 0 spiro atoms. The zero-order chi connectivity index (χ0) is 19.7. The van der Waals surface area contributed by atoms with Gasteiger partial charge in [0.05, 0.1) is 19.1 Å². The monoisotopic (exact) mass is 381 g/mol. The summed E-state index contributed by atoms with van der Waals surface area (Å²) in [7, 11) is 0. The molecule has 1 atom stereocenters. The van der Waals surface area contributed by atoms with Crippen LogP contribution in [-0.4, -0.2) is 47.5 Å². The van der Waals surface area contributed by atoms with E-state index in [1.54, 1.807) is 29.2 Å². The third-order valence-electron chi connectivity index (χ3n) is 4.82. The van der Waals surface area contributed by atoms with Gasteiger partial charge in [-0.15, -0.1) is 5.10 Å². The topological polar surface area (TPSA) is 126 Å². The van der Waals surface area contributed by atoms with Crippen LogP contribution in [0.3, 0.4) is 0 Å². The first-order valence-electron chi connectivity index (χ1n) is 8.85. The largest absolute Gasteiger partial charge is 0.420 e. The van der Waals surface area contributed by atoms with Gasteiger partial charge >= 0.3 is 6.09 Å². The van der Waals surface area contributed by atoms with Crippen LogP contribution in [0.4, 0.5) is 4.79 Å². The maximum Gasteiger partial charge on any atom is 0.415 e. The van der Waals surface area contributed by atoms with Crippen LogP contribution >= 0.6 is 0 Å². The number of rotatable bonds is 2. The van der Waals surface area contributed by atoms with Gasteiger partial charge in [0.25, 0.3) is 0 Å². The quantitative estimate of drug-likeness (QED) is 0.811. The Balaban J connectivity index is 1.59. The Kier molecular flexibility index (Phi) is 4.63. The average molecular weight is 381 g/mol. The number of hydrogen-bond donors (Lipinski definition) is 2. The van der Waals surface area contributed by atoms with E-state index in [9.17, 15) is 10.1 Å². The minimum Gasteiger partial charge on any atom is -0.420 e. The molecule has 9 nitrogen and oxygen atoms in total. The SMILES string of the molecule is Cc1[nH]nc2c1[C@H](c1ccc(OC(=O)N3CCOCC3)cc1)C(C#N)=C(N)O2.